The Bertz CT molecular complexity index is 706. The van der Waals surface area contributed by atoms with E-state index in [-0.39, 0.29) is 10.7 Å². The average Bonchev–Trinajstić information content (AvgIpc) is 2.47. The number of anilines is 1. The van der Waals surface area contributed by atoms with Gasteiger partial charge in [0.2, 0.25) is 12.3 Å². The quantitative estimate of drug-likeness (QED) is 0.494. The number of H-pyrrole nitrogens is 1. The predicted molar refractivity (Wildman–Crippen MR) is 89.5 cm³/mol. The van der Waals surface area contributed by atoms with Crippen molar-refractivity contribution in [3.05, 3.63) is 39.9 Å². The molecule has 2 heterocycles. The number of aromatic nitrogens is 2. The van der Waals surface area contributed by atoms with Gasteiger partial charge in [-0.3, -0.25) is 14.0 Å². The molecule has 22 heavy (non-hydrogen) atoms. The monoisotopic (exact) mass is 341 g/mol. The summed E-state index contributed by atoms with van der Waals surface area (Å²) < 4.78 is 10.8. The molecule has 0 unspecified atom stereocenters. The second-order valence-corrected chi connectivity index (χ2v) is 5.45. The summed E-state index contributed by atoms with van der Waals surface area (Å²) in [5.41, 5.74) is 1.25. The minimum atomic E-state index is -0.331. The molecule has 0 fully saturated rings. The largest absolute Gasteiger partial charge is 0.396 e. The second kappa shape index (κ2) is 7.53. The molecule has 6 nitrogen and oxygen atoms in total. The van der Waals surface area contributed by atoms with Crippen LogP contribution in [-0.4, -0.2) is 30.7 Å². The van der Waals surface area contributed by atoms with Crippen molar-refractivity contribution in [3.8, 4) is 17.0 Å². The van der Waals surface area contributed by atoms with Crippen LogP contribution in [0.2, 0.25) is 5.15 Å². The van der Waals surface area contributed by atoms with Gasteiger partial charge in [0.15, 0.2) is 5.75 Å². The maximum Gasteiger partial charge on any atom is 0.258 e. The van der Waals surface area contributed by atoms with Gasteiger partial charge in [-0.1, -0.05) is 11.6 Å². The van der Waals surface area contributed by atoms with Gasteiger partial charge in [-0.25, -0.2) is 0 Å². The lowest BCUT2D eigenvalue weighted by atomic mass is 10.1. The third kappa shape index (κ3) is 3.73. The fraction of sp³-hybridized carbons (Fsp3) is 0.286. The molecule has 2 rings (SSSR count). The molecule has 0 aliphatic heterocycles. The van der Waals surface area contributed by atoms with E-state index in [9.17, 15) is 4.79 Å². The molecule has 2 aromatic rings. The van der Waals surface area contributed by atoms with E-state index in [1.165, 1.54) is 0 Å². The molecule has 0 saturated heterocycles. The predicted octanol–water partition coefficient (Wildman–Crippen LogP) is 3.13. The summed E-state index contributed by atoms with van der Waals surface area (Å²) in [5, 5.41) is 0.267. The van der Waals surface area contributed by atoms with Gasteiger partial charge in [-0.15, -0.1) is 0 Å². The lowest BCUT2D eigenvalue weighted by molar-refractivity contribution is 0.369. The van der Waals surface area contributed by atoms with Gasteiger partial charge in [0.05, 0.1) is 17.9 Å². The molecule has 0 amide bonds. The first-order valence-electron chi connectivity index (χ1n) is 6.56. The van der Waals surface area contributed by atoms with Crippen LogP contribution in [0.25, 0.3) is 11.3 Å². The second-order valence-electron chi connectivity index (χ2n) is 4.51. The van der Waals surface area contributed by atoms with Crippen molar-refractivity contribution in [2.75, 3.05) is 25.6 Å². The van der Waals surface area contributed by atoms with Gasteiger partial charge < -0.3 is 14.1 Å². The van der Waals surface area contributed by atoms with E-state index in [2.05, 4.69) is 9.97 Å². The van der Waals surface area contributed by atoms with Crippen LogP contribution in [0.4, 0.5) is 5.69 Å². The van der Waals surface area contributed by atoms with Crippen LogP contribution in [0.5, 0.6) is 5.75 Å². The normalized spacial score (nSPS) is 10.5. The highest BCUT2D eigenvalue weighted by molar-refractivity contribution is 7.90. The number of rotatable bonds is 6. The summed E-state index contributed by atoms with van der Waals surface area (Å²) in [7, 11) is 3.76. The summed E-state index contributed by atoms with van der Waals surface area (Å²) in [4.78, 5) is 20.8. The molecule has 0 saturated carbocycles. The SMILES string of the molecule is CCOSOc1c(N(C)C)ccnc1-c1ccc(Cl)[nH]c1=O. The summed E-state index contributed by atoms with van der Waals surface area (Å²) in [6.45, 7) is 2.36. The number of aromatic amines is 1. The zero-order chi connectivity index (χ0) is 16.1. The van der Waals surface area contributed by atoms with Crippen molar-refractivity contribution in [1.82, 2.24) is 9.97 Å². The summed E-state index contributed by atoms with van der Waals surface area (Å²) in [6.07, 6.45) is 1.62. The zero-order valence-electron chi connectivity index (χ0n) is 12.4. The van der Waals surface area contributed by atoms with E-state index in [4.69, 9.17) is 20.0 Å². The summed E-state index contributed by atoms with van der Waals surface area (Å²) >= 11 is 6.64. The van der Waals surface area contributed by atoms with Crippen molar-refractivity contribution >= 4 is 29.6 Å². The third-order valence-corrected chi connectivity index (χ3v) is 3.57. The number of pyridine rings is 2. The molecular formula is C14H16ClN3O3S. The average molecular weight is 342 g/mol. The standard InChI is InChI=1S/C14H16ClN3O3S/c1-4-20-22-21-13-10(18(2)3)7-8-16-12(13)9-5-6-11(15)17-14(9)19/h5-8H,4H2,1-3H3,(H,17,19). The van der Waals surface area contributed by atoms with Gasteiger partial charge in [0.25, 0.3) is 5.56 Å². The maximum atomic E-state index is 12.1. The molecular weight excluding hydrogens is 326 g/mol. The molecule has 0 spiro atoms. The Hall–Kier alpha value is -1.70. The van der Waals surface area contributed by atoms with Crippen LogP contribution >= 0.6 is 23.9 Å². The minimum absolute atomic E-state index is 0.267. The molecule has 0 aromatic carbocycles. The molecule has 0 radical (unpaired) electrons. The topological polar surface area (TPSA) is 67.5 Å². The summed E-state index contributed by atoms with van der Waals surface area (Å²) in [5.74, 6) is 0.457. The number of halogens is 1. The Balaban J connectivity index is 2.54. The lowest BCUT2D eigenvalue weighted by Crippen LogP contribution is -2.13. The van der Waals surface area contributed by atoms with E-state index in [0.29, 0.717) is 23.6 Å². The Morgan fingerprint density at radius 1 is 1.36 bits per heavy atom. The Morgan fingerprint density at radius 3 is 2.77 bits per heavy atom. The first-order chi connectivity index (χ1) is 10.5. The number of hydrogen-bond acceptors (Lipinski definition) is 6. The molecule has 0 aliphatic carbocycles. The van der Waals surface area contributed by atoms with Crippen molar-refractivity contribution < 1.29 is 8.37 Å². The highest BCUT2D eigenvalue weighted by Gasteiger charge is 2.18. The van der Waals surface area contributed by atoms with Crippen LogP contribution in [0.3, 0.4) is 0 Å². The van der Waals surface area contributed by atoms with E-state index in [0.717, 1.165) is 18.0 Å². The fourth-order valence-electron chi connectivity index (χ4n) is 1.81. The minimum Gasteiger partial charge on any atom is -0.396 e. The van der Waals surface area contributed by atoms with Crippen molar-refractivity contribution in [2.45, 2.75) is 6.92 Å². The van der Waals surface area contributed by atoms with Crippen molar-refractivity contribution in [1.29, 1.82) is 0 Å². The smallest absolute Gasteiger partial charge is 0.258 e. The van der Waals surface area contributed by atoms with Crippen LogP contribution < -0.4 is 14.6 Å². The van der Waals surface area contributed by atoms with Crippen LogP contribution in [0.15, 0.2) is 29.2 Å². The molecule has 2 aromatic heterocycles. The zero-order valence-corrected chi connectivity index (χ0v) is 14.0. The molecule has 0 bridgehead atoms. The molecule has 8 heteroatoms. The highest BCUT2D eigenvalue weighted by atomic mass is 35.5. The molecule has 1 N–H and O–H groups in total. The van der Waals surface area contributed by atoms with Gasteiger partial charge in [0.1, 0.15) is 10.8 Å². The Morgan fingerprint density at radius 2 is 2.14 bits per heavy atom. The Labute approximate surface area is 137 Å². The van der Waals surface area contributed by atoms with Gasteiger partial charge in [-0.2, -0.15) is 0 Å². The maximum absolute atomic E-state index is 12.1. The number of hydrogen-bond donors (Lipinski definition) is 1. The van der Waals surface area contributed by atoms with Crippen molar-refractivity contribution in [3.63, 3.8) is 0 Å². The molecule has 0 atom stereocenters. The number of nitrogens with zero attached hydrogens (tertiary/aromatic N) is 2. The van der Waals surface area contributed by atoms with E-state index in [1.807, 2.05) is 25.9 Å². The van der Waals surface area contributed by atoms with Crippen molar-refractivity contribution in [2.24, 2.45) is 0 Å². The van der Waals surface area contributed by atoms with E-state index in [1.54, 1.807) is 24.4 Å². The van der Waals surface area contributed by atoms with Gasteiger partial charge in [0, 0.05) is 20.3 Å². The third-order valence-electron chi connectivity index (χ3n) is 2.78. The molecule has 0 aliphatic rings. The van der Waals surface area contributed by atoms with Gasteiger partial charge in [-0.05, 0) is 25.1 Å². The fourth-order valence-corrected chi connectivity index (χ4v) is 2.33. The van der Waals surface area contributed by atoms with E-state index < -0.39 is 0 Å². The van der Waals surface area contributed by atoms with Crippen LogP contribution in [0.1, 0.15) is 6.92 Å². The molecule has 118 valence electrons. The van der Waals surface area contributed by atoms with Crippen LogP contribution in [0, 0.1) is 0 Å². The lowest BCUT2D eigenvalue weighted by Gasteiger charge is -2.18. The number of nitrogens with one attached hydrogen (secondary N) is 1. The summed E-state index contributed by atoms with van der Waals surface area (Å²) in [6, 6.07) is 5.01. The van der Waals surface area contributed by atoms with Crippen LogP contribution in [-0.2, 0) is 4.18 Å². The first-order valence-corrected chi connectivity index (χ1v) is 7.60. The van der Waals surface area contributed by atoms with E-state index >= 15 is 0 Å². The first kappa shape index (κ1) is 16.7. The van der Waals surface area contributed by atoms with Gasteiger partial charge >= 0.3 is 0 Å². The highest BCUT2D eigenvalue weighted by Crippen LogP contribution is 2.37. The Kier molecular flexibility index (Phi) is 5.70.